The highest BCUT2D eigenvalue weighted by atomic mass is 35.5. The molecule has 76 valence electrons. The molecule has 1 saturated heterocycles. The van der Waals surface area contributed by atoms with Crippen molar-refractivity contribution in [1.82, 2.24) is 4.90 Å². The van der Waals surface area contributed by atoms with Crippen LogP contribution >= 0.6 is 11.6 Å². The van der Waals surface area contributed by atoms with E-state index in [1.165, 1.54) is 0 Å². The summed E-state index contributed by atoms with van der Waals surface area (Å²) in [5, 5.41) is -0.376. The standard InChI is InChI=1S/C10H18ClNO/c1-7(2)9-5-4-6-12(9)10(13)8(3)11/h7-9H,4-6H2,1-3H3. The number of carbonyl (C=O) groups excluding carboxylic acids is 1. The van der Waals surface area contributed by atoms with E-state index in [0.29, 0.717) is 12.0 Å². The number of hydrogen-bond acceptors (Lipinski definition) is 1. The highest BCUT2D eigenvalue weighted by molar-refractivity contribution is 6.30. The molecule has 13 heavy (non-hydrogen) atoms. The van der Waals surface area contributed by atoms with E-state index < -0.39 is 0 Å². The highest BCUT2D eigenvalue weighted by Gasteiger charge is 2.32. The maximum Gasteiger partial charge on any atom is 0.240 e. The molecule has 1 aliphatic heterocycles. The third kappa shape index (κ3) is 2.37. The Morgan fingerprint density at radius 2 is 2.08 bits per heavy atom. The number of alkyl halides is 1. The molecule has 0 saturated carbocycles. The van der Waals surface area contributed by atoms with Gasteiger partial charge in [0.2, 0.25) is 5.91 Å². The zero-order chi connectivity index (χ0) is 10.0. The molecular formula is C10H18ClNO. The predicted octanol–water partition coefficient (Wildman–Crippen LogP) is 2.26. The Labute approximate surface area is 85.2 Å². The SMILES string of the molecule is CC(Cl)C(=O)N1CCCC1C(C)C. The van der Waals surface area contributed by atoms with E-state index in [1.807, 2.05) is 4.90 Å². The van der Waals surface area contributed by atoms with Gasteiger partial charge in [-0.3, -0.25) is 4.79 Å². The van der Waals surface area contributed by atoms with Crippen LogP contribution in [0, 0.1) is 5.92 Å². The number of carbonyl (C=O) groups is 1. The van der Waals surface area contributed by atoms with Crippen molar-refractivity contribution < 1.29 is 4.79 Å². The molecule has 0 aromatic heterocycles. The van der Waals surface area contributed by atoms with Gasteiger partial charge in [0.25, 0.3) is 0 Å². The Balaban J connectivity index is 2.63. The molecule has 0 radical (unpaired) electrons. The van der Waals surface area contributed by atoms with Crippen LogP contribution in [0.5, 0.6) is 0 Å². The lowest BCUT2D eigenvalue weighted by Crippen LogP contribution is -2.41. The summed E-state index contributed by atoms with van der Waals surface area (Å²) < 4.78 is 0. The molecule has 1 heterocycles. The van der Waals surface area contributed by atoms with Crippen LogP contribution in [0.3, 0.4) is 0 Å². The van der Waals surface area contributed by atoms with Crippen molar-refractivity contribution in [3.63, 3.8) is 0 Å². The lowest BCUT2D eigenvalue weighted by atomic mass is 10.0. The van der Waals surface area contributed by atoms with E-state index in [0.717, 1.165) is 19.4 Å². The topological polar surface area (TPSA) is 20.3 Å². The van der Waals surface area contributed by atoms with Crippen LogP contribution in [0.2, 0.25) is 0 Å². The molecular weight excluding hydrogens is 186 g/mol. The molecule has 0 spiro atoms. The molecule has 1 amide bonds. The fraction of sp³-hybridized carbons (Fsp3) is 0.900. The van der Waals surface area contributed by atoms with Gasteiger partial charge in [0, 0.05) is 12.6 Å². The molecule has 2 nitrogen and oxygen atoms in total. The summed E-state index contributed by atoms with van der Waals surface area (Å²) in [4.78, 5) is 13.6. The Kier molecular flexibility index (Phi) is 3.60. The first-order valence-electron chi connectivity index (χ1n) is 4.98. The first-order valence-corrected chi connectivity index (χ1v) is 5.42. The Hall–Kier alpha value is -0.240. The smallest absolute Gasteiger partial charge is 0.240 e. The molecule has 0 aliphatic carbocycles. The second kappa shape index (κ2) is 4.32. The quantitative estimate of drug-likeness (QED) is 0.631. The van der Waals surface area contributed by atoms with Gasteiger partial charge in [0.1, 0.15) is 5.38 Å². The second-order valence-corrected chi connectivity index (χ2v) is 4.76. The maximum absolute atomic E-state index is 11.7. The van der Waals surface area contributed by atoms with Crippen LogP contribution in [-0.2, 0) is 4.79 Å². The van der Waals surface area contributed by atoms with E-state index in [9.17, 15) is 4.79 Å². The minimum absolute atomic E-state index is 0.0952. The van der Waals surface area contributed by atoms with E-state index in [2.05, 4.69) is 13.8 Å². The van der Waals surface area contributed by atoms with Crippen LogP contribution < -0.4 is 0 Å². The van der Waals surface area contributed by atoms with Crippen molar-refractivity contribution in [3.05, 3.63) is 0 Å². The van der Waals surface area contributed by atoms with Gasteiger partial charge in [-0.05, 0) is 25.7 Å². The van der Waals surface area contributed by atoms with Crippen LogP contribution in [0.4, 0.5) is 0 Å². The summed E-state index contributed by atoms with van der Waals surface area (Å²) in [5.74, 6) is 0.639. The van der Waals surface area contributed by atoms with Crippen molar-refractivity contribution in [2.75, 3.05) is 6.54 Å². The molecule has 0 aromatic rings. The van der Waals surface area contributed by atoms with Crippen molar-refractivity contribution in [3.8, 4) is 0 Å². The number of rotatable bonds is 2. The average molecular weight is 204 g/mol. The zero-order valence-electron chi connectivity index (χ0n) is 8.59. The summed E-state index contributed by atoms with van der Waals surface area (Å²) in [6.45, 7) is 6.96. The molecule has 0 N–H and O–H groups in total. The molecule has 1 aliphatic rings. The van der Waals surface area contributed by atoms with Gasteiger partial charge < -0.3 is 4.90 Å². The highest BCUT2D eigenvalue weighted by Crippen LogP contribution is 2.24. The van der Waals surface area contributed by atoms with Crippen molar-refractivity contribution in [2.45, 2.75) is 45.0 Å². The lowest BCUT2D eigenvalue weighted by molar-refractivity contribution is -0.132. The second-order valence-electron chi connectivity index (χ2n) is 4.10. The number of nitrogens with zero attached hydrogens (tertiary/aromatic N) is 1. The summed E-state index contributed by atoms with van der Waals surface area (Å²) in [7, 11) is 0. The lowest BCUT2D eigenvalue weighted by Gasteiger charge is -2.28. The van der Waals surface area contributed by atoms with Gasteiger partial charge >= 0.3 is 0 Å². The summed E-state index contributed by atoms with van der Waals surface area (Å²) in [5.41, 5.74) is 0. The molecule has 1 fully saturated rings. The molecule has 0 aromatic carbocycles. The molecule has 2 unspecified atom stereocenters. The van der Waals surface area contributed by atoms with Crippen LogP contribution in [0.15, 0.2) is 0 Å². The van der Waals surface area contributed by atoms with E-state index in [1.54, 1.807) is 6.92 Å². The maximum atomic E-state index is 11.7. The number of hydrogen-bond donors (Lipinski definition) is 0. The minimum atomic E-state index is -0.376. The summed E-state index contributed by atoms with van der Waals surface area (Å²) in [6, 6.07) is 0.411. The normalized spacial score (nSPS) is 25.3. The van der Waals surface area contributed by atoms with Gasteiger partial charge in [-0.1, -0.05) is 13.8 Å². The third-order valence-electron chi connectivity index (χ3n) is 2.69. The molecule has 1 rings (SSSR count). The predicted molar refractivity (Wildman–Crippen MR) is 54.9 cm³/mol. The number of likely N-dealkylation sites (tertiary alicyclic amines) is 1. The van der Waals surface area contributed by atoms with Crippen LogP contribution in [0.1, 0.15) is 33.6 Å². The zero-order valence-corrected chi connectivity index (χ0v) is 9.34. The average Bonchev–Trinajstić information content (AvgIpc) is 2.50. The van der Waals surface area contributed by atoms with Crippen LogP contribution in [-0.4, -0.2) is 28.8 Å². The summed E-state index contributed by atoms with van der Waals surface area (Å²) >= 11 is 5.79. The third-order valence-corrected chi connectivity index (χ3v) is 2.88. The van der Waals surface area contributed by atoms with Gasteiger partial charge in [-0.2, -0.15) is 0 Å². The number of amides is 1. The van der Waals surface area contributed by atoms with E-state index in [-0.39, 0.29) is 11.3 Å². The fourth-order valence-corrected chi connectivity index (χ4v) is 2.11. The van der Waals surface area contributed by atoms with Crippen LogP contribution in [0.25, 0.3) is 0 Å². The molecule has 0 bridgehead atoms. The minimum Gasteiger partial charge on any atom is -0.338 e. The Bertz CT molecular complexity index is 191. The Morgan fingerprint density at radius 3 is 2.54 bits per heavy atom. The monoisotopic (exact) mass is 203 g/mol. The Morgan fingerprint density at radius 1 is 1.46 bits per heavy atom. The first kappa shape index (κ1) is 10.8. The van der Waals surface area contributed by atoms with Crippen molar-refractivity contribution >= 4 is 17.5 Å². The summed E-state index contributed by atoms with van der Waals surface area (Å²) in [6.07, 6.45) is 2.26. The first-order chi connectivity index (χ1) is 6.04. The number of halogens is 1. The molecule has 3 heteroatoms. The fourth-order valence-electron chi connectivity index (χ4n) is 1.99. The molecule has 2 atom stereocenters. The largest absolute Gasteiger partial charge is 0.338 e. The van der Waals surface area contributed by atoms with Gasteiger partial charge in [-0.25, -0.2) is 0 Å². The van der Waals surface area contributed by atoms with Gasteiger partial charge in [-0.15, -0.1) is 11.6 Å². The van der Waals surface area contributed by atoms with E-state index in [4.69, 9.17) is 11.6 Å². The van der Waals surface area contributed by atoms with Crippen molar-refractivity contribution in [2.24, 2.45) is 5.92 Å². The van der Waals surface area contributed by atoms with Gasteiger partial charge in [0.15, 0.2) is 0 Å². The van der Waals surface area contributed by atoms with Crippen molar-refractivity contribution in [1.29, 1.82) is 0 Å². The van der Waals surface area contributed by atoms with E-state index >= 15 is 0 Å². The van der Waals surface area contributed by atoms with Gasteiger partial charge in [0.05, 0.1) is 0 Å².